The summed E-state index contributed by atoms with van der Waals surface area (Å²) >= 11 is 0. The van der Waals surface area contributed by atoms with Crippen LogP contribution in [0.5, 0.6) is 0 Å². The summed E-state index contributed by atoms with van der Waals surface area (Å²) in [5.74, 6) is 0. The largest absolute Gasteiger partial charge is 0.309 e. The summed E-state index contributed by atoms with van der Waals surface area (Å²) in [6, 6.07) is 44.2. The summed E-state index contributed by atoms with van der Waals surface area (Å²) in [6.07, 6.45) is 25.8. The Kier molecular flexibility index (Phi) is 12.7. The highest BCUT2D eigenvalue weighted by Gasteiger charge is 2.43. The van der Waals surface area contributed by atoms with Crippen LogP contribution in [0.25, 0.3) is 11.1 Å². The Labute approximate surface area is 328 Å². The van der Waals surface area contributed by atoms with Crippen LogP contribution in [0, 0.1) is 0 Å². The maximum Gasteiger partial charge on any atom is 0.0644 e. The molecular formula is C51H54N4. The average molecular weight is 723 g/mol. The number of nitrogens with zero attached hydrogens (tertiary/aromatic N) is 4. The number of unbranched alkanes of at least 4 members (excludes halogenated alkanes) is 8. The summed E-state index contributed by atoms with van der Waals surface area (Å²) in [6.45, 7) is 7.95. The predicted molar refractivity (Wildman–Crippen MR) is 233 cm³/mol. The molecule has 0 radical (unpaired) electrons. The lowest BCUT2D eigenvalue weighted by Crippen LogP contribution is -2.26. The molecule has 0 unspecified atom stereocenters. The SMILES string of the molecule is C=CCCCCCCC1(CCCCCCC=C)c2cc(N(c3ccccc3)c3cccnc3)ccc2-c2ccc(N(c3ccccc3)c3cccnc3)cc21. The number of anilines is 6. The minimum absolute atomic E-state index is 0.137. The lowest BCUT2D eigenvalue weighted by molar-refractivity contribution is 0.400. The molecule has 4 aromatic carbocycles. The van der Waals surface area contributed by atoms with Gasteiger partial charge in [0.25, 0.3) is 0 Å². The second-order valence-electron chi connectivity index (χ2n) is 14.8. The van der Waals surface area contributed by atoms with Crippen LogP contribution in [0.4, 0.5) is 34.1 Å². The van der Waals surface area contributed by atoms with E-state index in [0.29, 0.717) is 0 Å². The van der Waals surface area contributed by atoms with E-state index in [1.54, 1.807) is 0 Å². The topological polar surface area (TPSA) is 32.3 Å². The number of hydrogen-bond acceptors (Lipinski definition) is 4. The number of benzene rings is 4. The second-order valence-corrected chi connectivity index (χ2v) is 14.8. The van der Waals surface area contributed by atoms with E-state index in [0.717, 1.165) is 59.8 Å². The normalized spacial score (nSPS) is 12.4. The summed E-state index contributed by atoms with van der Waals surface area (Å²) in [4.78, 5) is 13.8. The van der Waals surface area contributed by atoms with Gasteiger partial charge in [-0.15, -0.1) is 13.2 Å². The first-order valence-corrected chi connectivity index (χ1v) is 20.3. The molecule has 2 heterocycles. The summed E-state index contributed by atoms with van der Waals surface area (Å²) < 4.78 is 0. The Bertz CT molecular complexity index is 1880. The first-order valence-electron chi connectivity index (χ1n) is 20.3. The van der Waals surface area contributed by atoms with Crippen molar-refractivity contribution in [2.75, 3.05) is 9.80 Å². The summed E-state index contributed by atoms with van der Waals surface area (Å²) in [5, 5.41) is 0. The van der Waals surface area contributed by atoms with E-state index in [1.165, 1.54) is 73.6 Å². The first kappa shape index (κ1) is 37.6. The van der Waals surface area contributed by atoms with Crippen LogP contribution in [0.3, 0.4) is 0 Å². The summed E-state index contributed by atoms with van der Waals surface area (Å²) in [5.41, 5.74) is 12.2. The van der Waals surface area contributed by atoms with Gasteiger partial charge in [0.2, 0.25) is 0 Å². The molecule has 0 amide bonds. The molecule has 278 valence electrons. The molecule has 0 N–H and O–H groups in total. The lowest BCUT2D eigenvalue weighted by Gasteiger charge is -2.35. The Hall–Kier alpha value is -5.74. The first-order chi connectivity index (χ1) is 27.2. The fourth-order valence-electron chi connectivity index (χ4n) is 8.57. The molecule has 0 fully saturated rings. The van der Waals surface area contributed by atoms with Crippen LogP contribution in [0.15, 0.2) is 171 Å². The monoisotopic (exact) mass is 722 g/mol. The molecule has 0 bridgehead atoms. The molecule has 0 aliphatic heterocycles. The molecule has 6 aromatic rings. The molecule has 1 aliphatic carbocycles. The van der Waals surface area contributed by atoms with Crippen LogP contribution in [0.2, 0.25) is 0 Å². The van der Waals surface area contributed by atoms with Gasteiger partial charge in [-0.2, -0.15) is 0 Å². The minimum atomic E-state index is -0.137. The highest BCUT2D eigenvalue weighted by Crippen LogP contribution is 2.57. The van der Waals surface area contributed by atoms with Crippen molar-refractivity contribution < 1.29 is 0 Å². The van der Waals surface area contributed by atoms with E-state index in [4.69, 9.17) is 0 Å². The van der Waals surface area contributed by atoms with Crippen molar-refractivity contribution >= 4 is 34.1 Å². The van der Waals surface area contributed by atoms with E-state index in [2.05, 4.69) is 154 Å². The molecule has 2 aromatic heterocycles. The summed E-state index contributed by atoms with van der Waals surface area (Å²) in [7, 11) is 0. The minimum Gasteiger partial charge on any atom is -0.309 e. The van der Waals surface area contributed by atoms with Crippen molar-refractivity contribution in [2.45, 2.75) is 82.5 Å². The average Bonchev–Trinajstić information content (AvgIpc) is 3.50. The van der Waals surface area contributed by atoms with Gasteiger partial charge in [0.15, 0.2) is 0 Å². The Morgan fingerprint density at radius 3 is 1.25 bits per heavy atom. The Morgan fingerprint density at radius 2 is 0.855 bits per heavy atom. The fourth-order valence-corrected chi connectivity index (χ4v) is 8.57. The Balaban J connectivity index is 1.38. The molecule has 7 rings (SSSR count). The van der Waals surface area contributed by atoms with Gasteiger partial charge in [-0.3, -0.25) is 9.97 Å². The molecule has 4 heteroatoms. The number of fused-ring (bicyclic) bond motifs is 3. The quantitative estimate of drug-likeness (QED) is 0.0580. The highest BCUT2D eigenvalue weighted by molar-refractivity contribution is 5.88. The molecule has 4 nitrogen and oxygen atoms in total. The van der Waals surface area contributed by atoms with E-state index in [9.17, 15) is 0 Å². The smallest absolute Gasteiger partial charge is 0.0644 e. The maximum atomic E-state index is 4.55. The van der Waals surface area contributed by atoms with Crippen molar-refractivity contribution in [2.24, 2.45) is 0 Å². The van der Waals surface area contributed by atoms with Crippen LogP contribution in [0.1, 0.15) is 88.2 Å². The standard InChI is InChI=1S/C51H54N4/c1-3-5-7-9-11-19-33-51(34-20-12-10-8-6-4-2)49-37-43(54(41-23-15-13-16-24-41)45-27-21-35-52-39-45)29-31-47(49)48-32-30-44(38-50(48)51)55(42-25-17-14-18-26-42)46-28-22-36-53-40-46/h3-4,13-18,21-32,35-40H,1-2,5-12,19-20,33-34H2. The van der Waals surface area contributed by atoms with Crippen LogP contribution in [-0.2, 0) is 5.41 Å². The third-order valence-electron chi connectivity index (χ3n) is 11.2. The number of pyridine rings is 2. The van der Waals surface area contributed by atoms with Crippen molar-refractivity contribution in [1.29, 1.82) is 0 Å². The van der Waals surface area contributed by atoms with Crippen molar-refractivity contribution in [3.05, 3.63) is 183 Å². The second kappa shape index (κ2) is 18.5. The van der Waals surface area contributed by atoms with E-state index in [1.807, 2.05) is 36.9 Å². The van der Waals surface area contributed by atoms with Gasteiger partial charge in [-0.25, -0.2) is 0 Å². The van der Waals surface area contributed by atoms with Crippen LogP contribution in [-0.4, -0.2) is 9.97 Å². The van der Waals surface area contributed by atoms with Crippen LogP contribution < -0.4 is 9.80 Å². The molecular weight excluding hydrogens is 669 g/mol. The predicted octanol–water partition coefficient (Wildman–Crippen LogP) is 14.7. The van der Waals surface area contributed by atoms with Gasteiger partial charge >= 0.3 is 0 Å². The molecule has 55 heavy (non-hydrogen) atoms. The van der Waals surface area contributed by atoms with Crippen molar-refractivity contribution in [1.82, 2.24) is 9.97 Å². The van der Waals surface area contributed by atoms with E-state index < -0.39 is 0 Å². The molecule has 1 aliphatic rings. The fraction of sp³-hybridized carbons (Fsp3) is 0.255. The van der Waals surface area contributed by atoms with Gasteiger partial charge in [-0.05, 0) is 134 Å². The number of para-hydroxylation sites is 2. The van der Waals surface area contributed by atoms with E-state index >= 15 is 0 Å². The van der Waals surface area contributed by atoms with Crippen molar-refractivity contribution in [3.63, 3.8) is 0 Å². The maximum absolute atomic E-state index is 4.55. The van der Waals surface area contributed by atoms with Gasteiger partial charge in [0.1, 0.15) is 0 Å². The number of allylic oxidation sites excluding steroid dienone is 2. The molecule has 0 atom stereocenters. The Morgan fingerprint density at radius 1 is 0.436 bits per heavy atom. The zero-order valence-electron chi connectivity index (χ0n) is 32.2. The van der Waals surface area contributed by atoms with Gasteiger partial charge in [0.05, 0.1) is 23.8 Å². The third kappa shape index (κ3) is 8.49. The van der Waals surface area contributed by atoms with Crippen LogP contribution >= 0.6 is 0 Å². The molecule has 0 spiro atoms. The van der Waals surface area contributed by atoms with E-state index in [-0.39, 0.29) is 5.41 Å². The number of rotatable bonds is 20. The molecule has 0 saturated heterocycles. The van der Waals surface area contributed by atoms with Crippen molar-refractivity contribution in [3.8, 4) is 11.1 Å². The number of aromatic nitrogens is 2. The van der Waals surface area contributed by atoms with Gasteiger partial charge in [-0.1, -0.05) is 99.2 Å². The zero-order valence-corrected chi connectivity index (χ0v) is 32.2. The zero-order chi connectivity index (χ0) is 37.7. The third-order valence-corrected chi connectivity index (χ3v) is 11.2. The van der Waals surface area contributed by atoms with Gasteiger partial charge in [0, 0.05) is 40.6 Å². The highest BCUT2D eigenvalue weighted by atomic mass is 15.2. The number of hydrogen-bond donors (Lipinski definition) is 0. The van der Waals surface area contributed by atoms with Gasteiger partial charge < -0.3 is 9.80 Å². The molecule has 0 saturated carbocycles. The lowest BCUT2D eigenvalue weighted by atomic mass is 9.70.